The molecule has 0 saturated carbocycles. The molecule has 1 aromatic rings. The van der Waals surface area contributed by atoms with Crippen LogP contribution in [0.4, 0.5) is 10.6 Å². The van der Waals surface area contributed by atoms with Crippen LogP contribution in [0, 0.1) is 0 Å². The molecule has 5 N–H and O–H groups in total. The first-order chi connectivity index (χ1) is 5.13. The van der Waals surface area contributed by atoms with E-state index in [0.29, 0.717) is 5.82 Å². The quantitative estimate of drug-likeness (QED) is 0.476. The lowest BCUT2D eigenvalue weighted by Gasteiger charge is -1.82. The number of hydrogen-bond donors (Lipinski definition) is 3. The summed E-state index contributed by atoms with van der Waals surface area (Å²) in [6.45, 7) is 0. The van der Waals surface area contributed by atoms with Crippen molar-refractivity contribution in [2.24, 2.45) is 5.73 Å². The summed E-state index contributed by atoms with van der Waals surface area (Å²) < 4.78 is 0. The molecule has 0 unspecified atom stereocenters. The maximum Gasteiger partial charge on any atom is 0.402 e. The highest BCUT2D eigenvalue weighted by Gasteiger charge is 1.74. The number of aromatic nitrogens is 2. The van der Waals surface area contributed by atoms with E-state index in [0.717, 1.165) is 0 Å². The zero-order valence-corrected chi connectivity index (χ0v) is 5.64. The molecule has 1 amide bonds. The number of primary amides is 1. The van der Waals surface area contributed by atoms with Crippen molar-refractivity contribution in [3.63, 3.8) is 0 Å². The standard InChI is InChI=1S/C4H5N3.CH3NO2/c5-4-3-6-1-2-7-4;2-1(3)4/h1-3H,(H2,5,7);2H2,(H,3,4). The van der Waals surface area contributed by atoms with Crippen molar-refractivity contribution in [2.45, 2.75) is 0 Å². The molecular weight excluding hydrogens is 148 g/mol. The number of nitrogens with zero attached hydrogens (tertiary/aromatic N) is 2. The van der Waals surface area contributed by atoms with E-state index in [-0.39, 0.29) is 0 Å². The van der Waals surface area contributed by atoms with Gasteiger partial charge in [0.25, 0.3) is 0 Å². The smallest absolute Gasteiger partial charge is 0.402 e. The normalized spacial score (nSPS) is 7.64. The summed E-state index contributed by atoms with van der Waals surface area (Å²) in [7, 11) is 0. The molecule has 60 valence electrons. The Balaban J connectivity index is 0.000000218. The van der Waals surface area contributed by atoms with Gasteiger partial charge in [0.2, 0.25) is 0 Å². The number of nitrogens with two attached hydrogens (primary N) is 2. The van der Waals surface area contributed by atoms with E-state index in [4.69, 9.17) is 15.6 Å². The van der Waals surface area contributed by atoms with Crippen LogP contribution in [-0.4, -0.2) is 21.2 Å². The molecule has 11 heavy (non-hydrogen) atoms. The first-order valence-electron chi connectivity index (χ1n) is 2.63. The highest BCUT2D eigenvalue weighted by molar-refractivity contribution is 5.61. The lowest BCUT2D eigenvalue weighted by atomic mass is 10.7. The van der Waals surface area contributed by atoms with E-state index in [2.05, 4.69) is 15.7 Å². The van der Waals surface area contributed by atoms with Crippen LogP contribution >= 0.6 is 0 Å². The Kier molecular flexibility index (Phi) is 4.14. The van der Waals surface area contributed by atoms with Gasteiger partial charge in [0.1, 0.15) is 5.82 Å². The Hall–Kier alpha value is -1.85. The van der Waals surface area contributed by atoms with Gasteiger partial charge in [0.05, 0.1) is 6.20 Å². The number of rotatable bonds is 0. The number of carboxylic acid groups (broad SMARTS) is 1. The SMILES string of the molecule is NC(=O)O.Nc1cnccn1. The summed E-state index contributed by atoms with van der Waals surface area (Å²) in [6.07, 6.45) is 3.30. The third-order valence-electron chi connectivity index (χ3n) is 0.583. The van der Waals surface area contributed by atoms with E-state index in [1.165, 1.54) is 6.20 Å². The van der Waals surface area contributed by atoms with Crippen molar-refractivity contribution in [1.29, 1.82) is 0 Å². The van der Waals surface area contributed by atoms with Gasteiger partial charge < -0.3 is 16.6 Å². The van der Waals surface area contributed by atoms with Gasteiger partial charge in [-0.1, -0.05) is 0 Å². The monoisotopic (exact) mass is 156 g/mol. The fourth-order valence-corrected chi connectivity index (χ4v) is 0.311. The van der Waals surface area contributed by atoms with Crippen molar-refractivity contribution in [3.05, 3.63) is 18.6 Å². The molecule has 0 aromatic carbocycles. The topological polar surface area (TPSA) is 115 Å². The highest BCUT2D eigenvalue weighted by Crippen LogP contribution is 1.84. The van der Waals surface area contributed by atoms with Gasteiger partial charge in [-0.15, -0.1) is 0 Å². The Morgan fingerprint density at radius 3 is 2.27 bits per heavy atom. The predicted octanol–water partition coefficient (Wildman–Crippen LogP) is -0.318. The van der Waals surface area contributed by atoms with Crippen LogP contribution in [0.1, 0.15) is 0 Å². The molecule has 0 bridgehead atoms. The van der Waals surface area contributed by atoms with Crippen LogP contribution in [0.15, 0.2) is 18.6 Å². The fourth-order valence-electron chi connectivity index (χ4n) is 0.311. The summed E-state index contributed by atoms with van der Waals surface area (Å²) >= 11 is 0. The minimum absolute atomic E-state index is 0.461. The first kappa shape index (κ1) is 9.15. The Morgan fingerprint density at radius 2 is 2.09 bits per heavy atom. The second-order valence-corrected chi connectivity index (χ2v) is 1.47. The zero-order chi connectivity index (χ0) is 8.69. The van der Waals surface area contributed by atoms with Crippen LogP contribution < -0.4 is 11.5 Å². The molecule has 1 rings (SSSR count). The average Bonchev–Trinajstić information content (AvgIpc) is 1.87. The van der Waals surface area contributed by atoms with Gasteiger partial charge in [-0.25, -0.2) is 9.78 Å². The Bertz CT molecular complexity index is 209. The minimum atomic E-state index is -1.33. The van der Waals surface area contributed by atoms with Gasteiger partial charge >= 0.3 is 6.09 Å². The molecule has 0 atom stereocenters. The van der Waals surface area contributed by atoms with E-state index in [1.807, 2.05) is 0 Å². The lowest BCUT2D eigenvalue weighted by molar-refractivity contribution is 0.205. The molecule has 0 spiro atoms. The molecule has 6 heteroatoms. The van der Waals surface area contributed by atoms with Crippen LogP contribution in [-0.2, 0) is 0 Å². The predicted molar refractivity (Wildman–Crippen MR) is 38.7 cm³/mol. The molecule has 0 aliphatic heterocycles. The van der Waals surface area contributed by atoms with Gasteiger partial charge in [-0.3, -0.25) is 4.98 Å². The molecule has 0 radical (unpaired) electrons. The molecular formula is C5H8N4O2. The molecule has 0 saturated heterocycles. The van der Waals surface area contributed by atoms with E-state index < -0.39 is 6.09 Å². The van der Waals surface area contributed by atoms with Crippen molar-refractivity contribution >= 4 is 11.9 Å². The van der Waals surface area contributed by atoms with Crippen molar-refractivity contribution in [1.82, 2.24) is 9.97 Å². The van der Waals surface area contributed by atoms with Gasteiger partial charge in [-0.05, 0) is 0 Å². The third-order valence-corrected chi connectivity index (χ3v) is 0.583. The van der Waals surface area contributed by atoms with E-state index in [9.17, 15) is 0 Å². The summed E-state index contributed by atoms with van der Waals surface area (Å²) in [5, 5.41) is 7.19. The Labute approximate surface area is 62.9 Å². The van der Waals surface area contributed by atoms with Gasteiger partial charge in [0, 0.05) is 12.4 Å². The van der Waals surface area contributed by atoms with Crippen molar-refractivity contribution in [3.8, 4) is 0 Å². The van der Waals surface area contributed by atoms with Gasteiger partial charge in [-0.2, -0.15) is 0 Å². The lowest BCUT2D eigenvalue weighted by Crippen LogP contribution is -2.03. The van der Waals surface area contributed by atoms with Crippen molar-refractivity contribution < 1.29 is 9.90 Å². The maximum atomic E-state index is 8.78. The summed E-state index contributed by atoms with van der Waals surface area (Å²) in [4.78, 5) is 16.2. The van der Waals surface area contributed by atoms with Crippen LogP contribution in [0.3, 0.4) is 0 Å². The largest absolute Gasteiger partial charge is 0.465 e. The summed E-state index contributed by atoms with van der Waals surface area (Å²) in [5.74, 6) is 0.461. The molecule has 1 aromatic heterocycles. The van der Waals surface area contributed by atoms with Crippen LogP contribution in [0.25, 0.3) is 0 Å². The maximum absolute atomic E-state index is 8.78. The fraction of sp³-hybridized carbons (Fsp3) is 0. The van der Waals surface area contributed by atoms with Gasteiger partial charge in [0.15, 0.2) is 0 Å². The van der Waals surface area contributed by atoms with E-state index in [1.54, 1.807) is 12.4 Å². The number of hydrogen-bond acceptors (Lipinski definition) is 4. The number of anilines is 1. The molecule has 6 nitrogen and oxygen atoms in total. The second-order valence-electron chi connectivity index (χ2n) is 1.47. The highest BCUT2D eigenvalue weighted by atomic mass is 16.4. The van der Waals surface area contributed by atoms with E-state index >= 15 is 0 Å². The third kappa shape index (κ3) is 8.15. The zero-order valence-electron chi connectivity index (χ0n) is 5.64. The Morgan fingerprint density at radius 1 is 1.55 bits per heavy atom. The van der Waals surface area contributed by atoms with Crippen LogP contribution in [0.2, 0.25) is 0 Å². The summed E-state index contributed by atoms with van der Waals surface area (Å²) in [5.41, 5.74) is 9.21. The average molecular weight is 156 g/mol. The number of nitrogen functional groups attached to an aromatic ring is 1. The number of amides is 1. The molecule has 1 heterocycles. The second kappa shape index (κ2) is 4.98. The van der Waals surface area contributed by atoms with Crippen LogP contribution in [0.5, 0.6) is 0 Å². The number of carbonyl (C=O) groups is 1. The minimum Gasteiger partial charge on any atom is -0.465 e. The molecule has 0 fully saturated rings. The molecule has 0 aliphatic carbocycles. The molecule has 0 aliphatic rings. The van der Waals surface area contributed by atoms with Crippen molar-refractivity contribution in [2.75, 3.05) is 5.73 Å². The first-order valence-corrected chi connectivity index (χ1v) is 2.63. The summed E-state index contributed by atoms with van der Waals surface area (Å²) in [6, 6.07) is 0.